The Morgan fingerprint density at radius 1 is 1.12 bits per heavy atom. The molecule has 1 unspecified atom stereocenters. The molecule has 1 aromatic carbocycles. The smallest absolute Gasteiger partial charge is 0.328 e. The van der Waals surface area contributed by atoms with Gasteiger partial charge in [-0.05, 0) is 51.0 Å². The van der Waals surface area contributed by atoms with Crippen LogP contribution < -0.4 is 0 Å². The summed E-state index contributed by atoms with van der Waals surface area (Å²) in [6, 6.07) is 12.1. The van der Waals surface area contributed by atoms with Gasteiger partial charge in [-0.1, -0.05) is 30.3 Å². The van der Waals surface area contributed by atoms with E-state index < -0.39 is 11.9 Å². The lowest BCUT2D eigenvalue weighted by Gasteiger charge is -2.21. The molecule has 2 N–H and O–H groups in total. The SMILES string of the molecule is CN(C)CCC1Cc2ncc(-c3ccccc3)cc2C(=O)N(C)C1.O=C(O)C=CC(=O)O. The number of carboxylic acids is 2. The van der Waals surface area contributed by atoms with E-state index in [1.165, 1.54) is 0 Å². The summed E-state index contributed by atoms with van der Waals surface area (Å²) in [5, 5.41) is 15.6. The Morgan fingerprint density at radius 3 is 2.31 bits per heavy atom. The Hall–Kier alpha value is -3.52. The molecule has 1 aliphatic rings. The first kappa shape index (κ1) is 24.7. The molecule has 0 aliphatic carbocycles. The van der Waals surface area contributed by atoms with Gasteiger partial charge in [0.25, 0.3) is 5.91 Å². The minimum Gasteiger partial charge on any atom is -0.478 e. The van der Waals surface area contributed by atoms with Crippen molar-refractivity contribution in [1.29, 1.82) is 0 Å². The Balaban J connectivity index is 0.000000390. The highest BCUT2D eigenvalue weighted by atomic mass is 16.4. The highest BCUT2D eigenvalue weighted by Gasteiger charge is 2.26. The number of amides is 1. The second-order valence-corrected chi connectivity index (χ2v) is 7.94. The van der Waals surface area contributed by atoms with Crippen molar-refractivity contribution in [3.63, 3.8) is 0 Å². The van der Waals surface area contributed by atoms with Crippen molar-refractivity contribution >= 4 is 17.8 Å². The summed E-state index contributed by atoms with van der Waals surface area (Å²) in [5.41, 5.74) is 3.79. The summed E-state index contributed by atoms with van der Waals surface area (Å²) in [5.74, 6) is -1.97. The summed E-state index contributed by atoms with van der Waals surface area (Å²) < 4.78 is 0. The average Bonchev–Trinajstić information content (AvgIpc) is 2.88. The standard InChI is InChI=1S/C20H25N3O.C4H4O4/c1-22(2)10-9-15-11-19-18(20(24)23(3)14-15)12-17(13-21-19)16-7-5-4-6-8-16;5-3(6)1-2-4(7)8/h4-8,12-13,15H,9-11,14H2,1-3H3;1-2H,(H,5,6)(H,7,8). The number of hydrogen-bond acceptors (Lipinski definition) is 5. The topological polar surface area (TPSA) is 111 Å². The molecule has 1 amide bonds. The second-order valence-electron chi connectivity index (χ2n) is 7.94. The average molecular weight is 440 g/mol. The Kier molecular flexibility index (Phi) is 9.09. The van der Waals surface area contributed by atoms with Gasteiger partial charge in [-0.3, -0.25) is 9.78 Å². The van der Waals surface area contributed by atoms with E-state index in [0.717, 1.165) is 48.3 Å². The molecule has 0 bridgehead atoms. The van der Waals surface area contributed by atoms with Crippen LogP contribution in [0.2, 0.25) is 0 Å². The quantitative estimate of drug-likeness (QED) is 0.666. The summed E-state index contributed by atoms with van der Waals surface area (Å²) in [4.78, 5) is 40.6. The molecule has 1 aromatic heterocycles. The molecule has 2 heterocycles. The van der Waals surface area contributed by atoms with Crippen LogP contribution in [0.15, 0.2) is 54.7 Å². The lowest BCUT2D eigenvalue weighted by atomic mass is 9.97. The predicted octanol–water partition coefficient (Wildman–Crippen LogP) is 2.66. The van der Waals surface area contributed by atoms with Crippen LogP contribution >= 0.6 is 0 Å². The third-order valence-electron chi connectivity index (χ3n) is 5.02. The maximum Gasteiger partial charge on any atom is 0.328 e. The van der Waals surface area contributed by atoms with Gasteiger partial charge in [0.15, 0.2) is 0 Å². The van der Waals surface area contributed by atoms with Crippen LogP contribution in [0.5, 0.6) is 0 Å². The van der Waals surface area contributed by atoms with Crippen molar-refractivity contribution in [2.75, 3.05) is 34.2 Å². The van der Waals surface area contributed by atoms with E-state index >= 15 is 0 Å². The Bertz CT molecular complexity index is 957. The highest BCUT2D eigenvalue weighted by molar-refractivity contribution is 5.96. The molecule has 0 saturated heterocycles. The molecule has 0 saturated carbocycles. The van der Waals surface area contributed by atoms with Crippen molar-refractivity contribution in [3.05, 3.63) is 66.0 Å². The fourth-order valence-corrected chi connectivity index (χ4v) is 3.42. The molecular weight excluding hydrogens is 410 g/mol. The molecule has 32 heavy (non-hydrogen) atoms. The van der Waals surface area contributed by atoms with E-state index in [1.54, 1.807) is 0 Å². The third kappa shape index (κ3) is 7.63. The second kappa shape index (κ2) is 11.8. The Morgan fingerprint density at radius 2 is 1.75 bits per heavy atom. The number of nitrogens with zero attached hydrogens (tertiary/aromatic N) is 3. The third-order valence-corrected chi connectivity index (χ3v) is 5.02. The van der Waals surface area contributed by atoms with Crippen LogP contribution in [-0.2, 0) is 16.0 Å². The van der Waals surface area contributed by atoms with Crippen molar-refractivity contribution < 1.29 is 24.6 Å². The normalized spacial score (nSPS) is 15.7. The molecule has 8 heteroatoms. The van der Waals surface area contributed by atoms with Gasteiger partial charge in [-0.25, -0.2) is 9.59 Å². The van der Waals surface area contributed by atoms with Crippen molar-refractivity contribution in [2.45, 2.75) is 12.8 Å². The molecule has 1 atom stereocenters. The molecule has 8 nitrogen and oxygen atoms in total. The van der Waals surface area contributed by atoms with Crippen LogP contribution in [0.25, 0.3) is 11.1 Å². The van der Waals surface area contributed by atoms with E-state index in [1.807, 2.05) is 54.5 Å². The largest absolute Gasteiger partial charge is 0.478 e. The minimum absolute atomic E-state index is 0.0858. The highest BCUT2D eigenvalue weighted by Crippen LogP contribution is 2.26. The van der Waals surface area contributed by atoms with Crippen LogP contribution in [0.4, 0.5) is 0 Å². The first-order valence-corrected chi connectivity index (χ1v) is 10.3. The number of benzene rings is 1. The molecule has 3 rings (SSSR count). The van der Waals surface area contributed by atoms with Gasteiger partial charge in [0.2, 0.25) is 0 Å². The molecule has 0 spiro atoms. The van der Waals surface area contributed by atoms with E-state index in [0.29, 0.717) is 18.1 Å². The first-order chi connectivity index (χ1) is 15.2. The van der Waals surface area contributed by atoms with E-state index in [4.69, 9.17) is 10.2 Å². The summed E-state index contributed by atoms with van der Waals surface area (Å²) >= 11 is 0. The molecule has 1 aliphatic heterocycles. The van der Waals surface area contributed by atoms with Crippen LogP contribution in [-0.4, -0.2) is 77.1 Å². The number of aromatic nitrogens is 1. The van der Waals surface area contributed by atoms with E-state index in [-0.39, 0.29) is 5.91 Å². The van der Waals surface area contributed by atoms with Gasteiger partial charge in [0.1, 0.15) is 0 Å². The maximum atomic E-state index is 12.8. The zero-order chi connectivity index (χ0) is 23.7. The van der Waals surface area contributed by atoms with Gasteiger partial charge >= 0.3 is 11.9 Å². The van der Waals surface area contributed by atoms with Gasteiger partial charge in [0.05, 0.1) is 11.3 Å². The van der Waals surface area contributed by atoms with Crippen LogP contribution in [0.3, 0.4) is 0 Å². The van der Waals surface area contributed by atoms with E-state index in [9.17, 15) is 14.4 Å². The van der Waals surface area contributed by atoms with Gasteiger partial charge in [-0.15, -0.1) is 0 Å². The van der Waals surface area contributed by atoms with Crippen LogP contribution in [0.1, 0.15) is 22.5 Å². The minimum atomic E-state index is -1.26. The van der Waals surface area contributed by atoms with Crippen molar-refractivity contribution in [1.82, 2.24) is 14.8 Å². The molecular formula is C24H29N3O5. The lowest BCUT2D eigenvalue weighted by molar-refractivity contribution is -0.134. The van der Waals surface area contributed by atoms with Gasteiger partial charge < -0.3 is 20.0 Å². The monoisotopic (exact) mass is 439 g/mol. The first-order valence-electron chi connectivity index (χ1n) is 10.3. The summed E-state index contributed by atoms with van der Waals surface area (Å²) in [7, 11) is 6.07. The maximum absolute atomic E-state index is 12.8. The van der Waals surface area contributed by atoms with Crippen molar-refractivity contribution in [3.8, 4) is 11.1 Å². The predicted molar refractivity (Wildman–Crippen MR) is 121 cm³/mol. The number of rotatable bonds is 6. The fraction of sp³-hybridized carbons (Fsp3) is 0.333. The number of hydrogen-bond donors (Lipinski definition) is 2. The zero-order valence-corrected chi connectivity index (χ0v) is 18.6. The number of carbonyl (C=O) groups is 3. The summed E-state index contributed by atoms with van der Waals surface area (Å²) in [6.07, 6.45) is 4.96. The van der Waals surface area contributed by atoms with Crippen molar-refractivity contribution in [2.24, 2.45) is 5.92 Å². The zero-order valence-electron chi connectivity index (χ0n) is 18.6. The number of aliphatic carboxylic acids is 2. The lowest BCUT2D eigenvalue weighted by Crippen LogP contribution is -2.31. The van der Waals surface area contributed by atoms with E-state index in [2.05, 4.69) is 24.0 Å². The number of carboxylic acid groups (broad SMARTS) is 2. The molecule has 2 aromatic rings. The summed E-state index contributed by atoms with van der Waals surface area (Å²) in [6.45, 7) is 1.83. The molecule has 0 radical (unpaired) electrons. The Labute approximate surface area is 187 Å². The number of carbonyl (C=O) groups excluding carboxylic acids is 1. The number of fused-ring (bicyclic) bond motifs is 1. The molecule has 170 valence electrons. The fourth-order valence-electron chi connectivity index (χ4n) is 3.42. The van der Waals surface area contributed by atoms with Gasteiger partial charge in [-0.2, -0.15) is 0 Å². The number of pyridine rings is 1. The van der Waals surface area contributed by atoms with Crippen LogP contribution in [0, 0.1) is 5.92 Å². The van der Waals surface area contributed by atoms with Gasteiger partial charge in [0, 0.05) is 37.5 Å². The molecule has 0 fully saturated rings.